The molecule has 0 unspecified atom stereocenters. The topological polar surface area (TPSA) is 79.9 Å². The van der Waals surface area contributed by atoms with Crippen LogP contribution >= 0.6 is 11.8 Å². The minimum absolute atomic E-state index is 0.0787. The van der Waals surface area contributed by atoms with Crippen LogP contribution in [0, 0.1) is 11.3 Å². The highest BCUT2D eigenvalue weighted by atomic mass is 32.2. The Labute approximate surface area is 174 Å². The monoisotopic (exact) mass is 408 g/mol. The number of hydrogen-bond donors (Lipinski definition) is 1. The number of hydrogen-bond acceptors (Lipinski definition) is 5. The Hall–Kier alpha value is -2.82. The molecule has 150 valence electrons. The maximum Gasteiger partial charge on any atom is 0.236 e. The summed E-state index contributed by atoms with van der Waals surface area (Å²) in [5, 5.41) is 11.8. The number of nitriles is 1. The molecule has 1 aromatic heterocycles. The van der Waals surface area contributed by atoms with Crippen LogP contribution in [0.4, 0.5) is 5.95 Å². The first kappa shape index (κ1) is 20.9. The standard InChI is InChI=1S/C22H24N4O2S/c1-2-28-13-5-12-26-20-7-4-3-6-19(20)24-22(26)25-21(27)16-29-15-18-10-8-17(14-23)9-11-18/h3-4,6-11H,2,5,12-13,15-16H2,1H3,(H,24,25,27). The number of aryl methyl sites for hydroxylation is 1. The summed E-state index contributed by atoms with van der Waals surface area (Å²) in [4.78, 5) is 17.0. The number of fused-ring (bicyclic) bond motifs is 1. The molecule has 1 heterocycles. The summed E-state index contributed by atoms with van der Waals surface area (Å²) in [7, 11) is 0. The second-order valence-electron chi connectivity index (χ2n) is 6.48. The lowest BCUT2D eigenvalue weighted by atomic mass is 10.2. The highest BCUT2D eigenvalue weighted by Gasteiger charge is 2.13. The van der Waals surface area contributed by atoms with Gasteiger partial charge < -0.3 is 9.30 Å². The van der Waals surface area contributed by atoms with Crippen LogP contribution in [0.15, 0.2) is 48.5 Å². The van der Waals surface area contributed by atoms with E-state index in [1.807, 2.05) is 47.9 Å². The average Bonchev–Trinajstić information content (AvgIpc) is 3.08. The van der Waals surface area contributed by atoms with E-state index in [9.17, 15) is 4.79 Å². The van der Waals surface area contributed by atoms with Crippen LogP contribution in [0.25, 0.3) is 11.0 Å². The molecule has 0 atom stereocenters. The predicted octanol–water partition coefficient (Wildman–Crippen LogP) is 4.21. The fourth-order valence-electron chi connectivity index (χ4n) is 2.96. The summed E-state index contributed by atoms with van der Waals surface area (Å²) in [5.41, 5.74) is 3.60. The van der Waals surface area contributed by atoms with Gasteiger partial charge in [-0.25, -0.2) is 4.98 Å². The van der Waals surface area contributed by atoms with E-state index >= 15 is 0 Å². The number of benzene rings is 2. The van der Waals surface area contributed by atoms with Gasteiger partial charge in [-0.3, -0.25) is 10.1 Å². The van der Waals surface area contributed by atoms with Crippen molar-refractivity contribution < 1.29 is 9.53 Å². The van der Waals surface area contributed by atoms with Gasteiger partial charge in [0, 0.05) is 25.5 Å². The third kappa shape index (κ3) is 5.83. The Balaban J connectivity index is 1.59. The van der Waals surface area contributed by atoms with Gasteiger partial charge in [0.1, 0.15) is 0 Å². The second-order valence-corrected chi connectivity index (χ2v) is 7.46. The molecule has 0 saturated heterocycles. The molecule has 0 aliphatic carbocycles. The number of aromatic nitrogens is 2. The quantitative estimate of drug-likeness (QED) is 0.509. The van der Waals surface area contributed by atoms with Crippen LogP contribution in [0.5, 0.6) is 0 Å². The number of ether oxygens (including phenoxy) is 1. The molecule has 3 rings (SSSR count). The SMILES string of the molecule is CCOCCCn1c(NC(=O)CSCc2ccc(C#N)cc2)nc2ccccc21. The molecule has 0 spiro atoms. The smallest absolute Gasteiger partial charge is 0.236 e. The molecule has 2 aromatic carbocycles. The van der Waals surface area contributed by atoms with Crippen LogP contribution in [0.2, 0.25) is 0 Å². The Morgan fingerprint density at radius 3 is 2.79 bits per heavy atom. The van der Waals surface area contributed by atoms with E-state index in [4.69, 9.17) is 10.00 Å². The zero-order chi connectivity index (χ0) is 20.5. The predicted molar refractivity (Wildman–Crippen MR) is 117 cm³/mol. The number of nitrogens with one attached hydrogen (secondary N) is 1. The lowest BCUT2D eigenvalue weighted by Gasteiger charge is -2.10. The number of para-hydroxylation sites is 2. The summed E-state index contributed by atoms with van der Waals surface area (Å²) in [6, 6.07) is 17.4. The largest absolute Gasteiger partial charge is 0.382 e. The fourth-order valence-corrected chi connectivity index (χ4v) is 3.75. The molecule has 1 amide bonds. The van der Waals surface area contributed by atoms with E-state index in [0.29, 0.717) is 36.2 Å². The van der Waals surface area contributed by atoms with Crippen LogP contribution in [-0.2, 0) is 21.8 Å². The first-order chi connectivity index (χ1) is 14.2. The minimum atomic E-state index is -0.0787. The zero-order valence-electron chi connectivity index (χ0n) is 16.4. The third-order valence-corrected chi connectivity index (χ3v) is 5.37. The molecule has 0 radical (unpaired) electrons. The van der Waals surface area contributed by atoms with Crippen molar-refractivity contribution in [1.29, 1.82) is 5.26 Å². The van der Waals surface area contributed by atoms with Crippen LogP contribution in [-0.4, -0.2) is 34.4 Å². The van der Waals surface area contributed by atoms with Crippen molar-refractivity contribution in [3.8, 4) is 6.07 Å². The Bertz CT molecular complexity index is 992. The van der Waals surface area contributed by atoms with Crippen molar-refractivity contribution in [1.82, 2.24) is 9.55 Å². The van der Waals surface area contributed by atoms with E-state index < -0.39 is 0 Å². The molecule has 0 bridgehead atoms. The Kier molecular flexibility index (Phi) is 7.68. The molecule has 0 fully saturated rings. The van der Waals surface area contributed by atoms with Gasteiger partial charge in [0.15, 0.2) is 0 Å². The average molecular weight is 409 g/mol. The molecule has 0 saturated carbocycles. The Morgan fingerprint density at radius 1 is 1.24 bits per heavy atom. The highest BCUT2D eigenvalue weighted by molar-refractivity contribution is 7.99. The molecule has 0 aliphatic rings. The summed E-state index contributed by atoms with van der Waals surface area (Å²) in [6.45, 7) is 4.09. The number of nitrogens with zero attached hydrogens (tertiary/aromatic N) is 3. The van der Waals surface area contributed by atoms with E-state index in [-0.39, 0.29) is 5.91 Å². The van der Waals surface area contributed by atoms with Crippen molar-refractivity contribution in [3.05, 3.63) is 59.7 Å². The van der Waals surface area contributed by atoms with Gasteiger partial charge in [-0.15, -0.1) is 11.8 Å². The maximum absolute atomic E-state index is 12.5. The highest BCUT2D eigenvalue weighted by Crippen LogP contribution is 2.21. The van der Waals surface area contributed by atoms with Gasteiger partial charge in [-0.1, -0.05) is 24.3 Å². The number of imidazole rings is 1. The van der Waals surface area contributed by atoms with E-state index in [0.717, 1.165) is 29.6 Å². The fraction of sp³-hybridized carbons (Fsp3) is 0.318. The Morgan fingerprint density at radius 2 is 2.03 bits per heavy atom. The molecule has 7 heteroatoms. The van der Waals surface area contributed by atoms with Gasteiger partial charge in [0.25, 0.3) is 0 Å². The first-order valence-corrected chi connectivity index (χ1v) is 10.8. The number of anilines is 1. The van der Waals surface area contributed by atoms with Crippen LogP contribution in [0.3, 0.4) is 0 Å². The van der Waals surface area contributed by atoms with Gasteiger partial charge >= 0.3 is 0 Å². The lowest BCUT2D eigenvalue weighted by molar-refractivity contribution is -0.113. The van der Waals surface area contributed by atoms with Gasteiger partial charge in [-0.2, -0.15) is 5.26 Å². The molecular formula is C22H24N4O2S. The van der Waals surface area contributed by atoms with Crippen molar-refractivity contribution in [2.45, 2.75) is 25.6 Å². The normalized spacial score (nSPS) is 10.8. The van der Waals surface area contributed by atoms with Crippen molar-refractivity contribution in [3.63, 3.8) is 0 Å². The van der Waals surface area contributed by atoms with E-state index in [1.165, 1.54) is 11.8 Å². The molecule has 0 aliphatic heterocycles. The molecule has 6 nitrogen and oxygen atoms in total. The van der Waals surface area contributed by atoms with Crippen molar-refractivity contribution >= 4 is 34.7 Å². The number of rotatable bonds is 10. The molecule has 1 N–H and O–H groups in total. The first-order valence-electron chi connectivity index (χ1n) is 9.61. The van der Waals surface area contributed by atoms with Crippen molar-refractivity contribution in [2.24, 2.45) is 0 Å². The summed E-state index contributed by atoms with van der Waals surface area (Å²) in [5.74, 6) is 1.54. The molecule has 3 aromatic rings. The maximum atomic E-state index is 12.5. The molecular weight excluding hydrogens is 384 g/mol. The van der Waals surface area contributed by atoms with Gasteiger partial charge in [0.2, 0.25) is 11.9 Å². The third-order valence-electron chi connectivity index (χ3n) is 4.37. The van der Waals surface area contributed by atoms with Crippen molar-refractivity contribution in [2.75, 3.05) is 24.3 Å². The van der Waals surface area contributed by atoms with Gasteiger partial charge in [-0.05, 0) is 43.2 Å². The van der Waals surface area contributed by atoms with Crippen LogP contribution < -0.4 is 5.32 Å². The van der Waals surface area contributed by atoms with Crippen LogP contribution in [0.1, 0.15) is 24.5 Å². The summed E-state index contributed by atoms with van der Waals surface area (Å²) >= 11 is 1.53. The van der Waals surface area contributed by atoms with Gasteiger partial charge in [0.05, 0.1) is 28.4 Å². The minimum Gasteiger partial charge on any atom is -0.382 e. The van der Waals surface area contributed by atoms with E-state index in [2.05, 4.69) is 16.4 Å². The number of carbonyl (C=O) groups excluding carboxylic acids is 1. The molecule has 29 heavy (non-hydrogen) atoms. The number of amides is 1. The summed E-state index contributed by atoms with van der Waals surface area (Å²) < 4.78 is 7.47. The second kappa shape index (κ2) is 10.6. The lowest BCUT2D eigenvalue weighted by Crippen LogP contribution is -2.18. The number of thioether (sulfide) groups is 1. The zero-order valence-corrected chi connectivity index (χ0v) is 17.2. The summed E-state index contributed by atoms with van der Waals surface area (Å²) in [6.07, 6.45) is 0.852. The number of carbonyl (C=O) groups is 1. The van der Waals surface area contributed by atoms with E-state index in [1.54, 1.807) is 12.1 Å².